The molecule has 0 unspecified atom stereocenters. The molecule has 0 saturated carbocycles. The molecule has 9 nitrogen and oxygen atoms in total. The standard InChI is InChI=1S/C27H34N2O3S.C10H15N.O3S/c1-5-28(6-2)23-17-13-21(14-18-23)27(25-11-9-10-12-26(25)33(30,31)32)22-15-19-24(20-16-22)29(7-3)8-4;1-3-11(4-2)10-8-6-5-7-9-10;1-4(2)3/h9-20,27H,5-8H2,1-4H3,(H,30,31,32);5-9H,3-4H2,1-2H3;. The molecule has 4 aromatic carbocycles. The molecule has 0 atom stereocenters. The molecule has 0 radical (unpaired) electrons. The Labute approximate surface area is 288 Å². The zero-order valence-electron chi connectivity index (χ0n) is 28.8. The van der Waals surface area contributed by atoms with E-state index in [0.717, 1.165) is 61.8 Å². The third kappa shape index (κ3) is 11.8. The van der Waals surface area contributed by atoms with Gasteiger partial charge < -0.3 is 14.7 Å². The molecule has 260 valence electrons. The fourth-order valence-corrected chi connectivity index (χ4v) is 6.40. The minimum Gasteiger partial charge on any atom is -0.372 e. The summed E-state index contributed by atoms with van der Waals surface area (Å²) in [5.41, 5.74) is 6.07. The van der Waals surface area contributed by atoms with Crippen molar-refractivity contribution in [1.29, 1.82) is 0 Å². The molecule has 0 aliphatic rings. The highest BCUT2D eigenvalue weighted by Crippen LogP contribution is 2.37. The van der Waals surface area contributed by atoms with Crippen LogP contribution in [0.1, 0.15) is 64.2 Å². The molecule has 0 heterocycles. The van der Waals surface area contributed by atoms with Crippen LogP contribution in [0.2, 0.25) is 0 Å². The highest BCUT2D eigenvalue weighted by Gasteiger charge is 2.25. The van der Waals surface area contributed by atoms with E-state index in [-0.39, 0.29) is 10.8 Å². The molecule has 4 aromatic rings. The van der Waals surface area contributed by atoms with E-state index in [1.807, 2.05) is 12.1 Å². The Morgan fingerprint density at radius 2 is 0.833 bits per heavy atom. The van der Waals surface area contributed by atoms with E-state index in [0.29, 0.717) is 5.56 Å². The van der Waals surface area contributed by atoms with Crippen LogP contribution in [0.25, 0.3) is 0 Å². The van der Waals surface area contributed by atoms with Crippen LogP contribution in [0.3, 0.4) is 0 Å². The quantitative estimate of drug-likeness (QED) is 0.113. The second-order valence-electron chi connectivity index (χ2n) is 10.7. The van der Waals surface area contributed by atoms with Crippen LogP contribution in [-0.2, 0) is 20.7 Å². The molecular weight excluding hydrogens is 647 g/mol. The summed E-state index contributed by atoms with van der Waals surface area (Å²) in [6, 6.07) is 33.7. The van der Waals surface area contributed by atoms with Crippen molar-refractivity contribution in [2.75, 3.05) is 54.0 Å². The van der Waals surface area contributed by atoms with Crippen molar-refractivity contribution in [3.63, 3.8) is 0 Å². The average Bonchev–Trinajstić information content (AvgIpc) is 3.08. The molecule has 0 aromatic heterocycles. The summed E-state index contributed by atoms with van der Waals surface area (Å²) < 4.78 is 59.7. The average molecular weight is 696 g/mol. The number of rotatable bonds is 13. The van der Waals surface area contributed by atoms with E-state index in [9.17, 15) is 13.0 Å². The van der Waals surface area contributed by atoms with Crippen molar-refractivity contribution < 1.29 is 25.6 Å². The van der Waals surface area contributed by atoms with Gasteiger partial charge in [0.15, 0.2) is 0 Å². The van der Waals surface area contributed by atoms with Crippen LogP contribution in [0.15, 0.2) is 108 Å². The van der Waals surface area contributed by atoms with Crippen LogP contribution >= 0.6 is 0 Å². The lowest BCUT2D eigenvalue weighted by molar-refractivity contribution is 0.482. The van der Waals surface area contributed by atoms with E-state index in [1.165, 1.54) is 11.8 Å². The summed E-state index contributed by atoms with van der Waals surface area (Å²) in [6.45, 7) is 18.7. The maximum Gasteiger partial charge on any atom is 0.425 e. The predicted octanol–water partition coefficient (Wildman–Crippen LogP) is 7.33. The SMILES string of the molecule is CCN(CC)c1ccc(C(c2ccc(N(CC)CC)cc2)c2ccccc2S(=O)(=O)O)cc1.CCN(CC)c1ccccc1.O=S(=O)=O. The minimum absolute atomic E-state index is 0.0596. The maximum atomic E-state index is 12.2. The summed E-state index contributed by atoms with van der Waals surface area (Å²) in [6.07, 6.45) is 0. The van der Waals surface area contributed by atoms with Gasteiger partial charge in [-0.25, -0.2) is 0 Å². The lowest BCUT2D eigenvalue weighted by Crippen LogP contribution is -2.22. The molecule has 0 amide bonds. The molecule has 0 bridgehead atoms. The van der Waals surface area contributed by atoms with Gasteiger partial charge in [-0.3, -0.25) is 4.55 Å². The minimum atomic E-state index is -4.37. The molecular formula is C37H49N3O6S2. The summed E-state index contributed by atoms with van der Waals surface area (Å²) >= 11 is 0. The van der Waals surface area contributed by atoms with Crippen LogP contribution < -0.4 is 14.7 Å². The van der Waals surface area contributed by atoms with Gasteiger partial charge in [0.25, 0.3) is 10.1 Å². The molecule has 0 spiro atoms. The van der Waals surface area contributed by atoms with Crippen molar-refractivity contribution in [2.24, 2.45) is 0 Å². The van der Waals surface area contributed by atoms with E-state index in [4.69, 9.17) is 12.6 Å². The van der Waals surface area contributed by atoms with Crippen LogP contribution in [0, 0.1) is 0 Å². The van der Waals surface area contributed by atoms with Gasteiger partial charge in [0.1, 0.15) is 0 Å². The van der Waals surface area contributed by atoms with Crippen LogP contribution in [0.5, 0.6) is 0 Å². The Hall–Kier alpha value is -4.19. The number of para-hydroxylation sites is 1. The number of anilines is 3. The molecule has 0 saturated heterocycles. The first-order chi connectivity index (χ1) is 22.9. The van der Waals surface area contributed by atoms with Crippen molar-refractivity contribution in [1.82, 2.24) is 0 Å². The topological polar surface area (TPSA) is 115 Å². The normalized spacial score (nSPS) is 10.7. The van der Waals surface area contributed by atoms with Gasteiger partial charge in [-0.1, -0.05) is 60.7 Å². The van der Waals surface area contributed by atoms with Crippen molar-refractivity contribution in [3.05, 3.63) is 120 Å². The predicted molar refractivity (Wildman–Crippen MR) is 197 cm³/mol. The van der Waals surface area contributed by atoms with Crippen LogP contribution in [-0.4, -0.2) is 64.9 Å². The van der Waals surface area contributed by atoms with Crippen molar-refractivity contribution >= 4 is 37.8 Å². The largest absolute Gasteiger partial charge is 0.425 e. The van der Waals surface area contributed by atoms with Crippen molar-refractivity contribution in [2.45, 2.75) is 52.4 Å². The van der Waals surface area contributed by atoms with Gasteiger partial charge in [0, 0.05) is 62.2 Å². The van der Waals surface area contributed by atoms with Gasteiger partial charge in [-0.2, -0.15) is 8.42 Å². The Morgan fingerprint density at radius 1 is 0.521 bits per heavy atom. The first kappa shape index (κ1) is 40.0. The smallest absolute Gasteiger partial charge is 0.372 e. The van der Waals surface area contributed by atoms with Crippen molar-refractivity contribution in [3.8, 4) is 0 Å². The Bertz CT molecular complexity index is 1660. The van der Waals surface area contributed by atoms with E-state index >= 15 is 0 Å². The van der Waals surface area contributed by atoms with Gasteiger partial charge in [0.2, 0.25) is 0 Å². The molecule has 0 aliphatic heterocycles. The lowest BCUT2D eigenvalue weighted by atomic mass is 9.85. The zero-order chi connectivity index (χ0) is 35.7. The molecule has 48 heavy (non-hydrogen) atoms. The first-order valence-corrected chi connectivity index (χ1v) is 18.7. The monoisotopic (exact) mass is 695 g/mol. The second-order valence-corrected chi connectivity index (χ2v) is 12.5. The summed E-state index contributed by atoms with van der Waals surface area (Å²) in [7, 11) is -7.48. The number of hydrogen-bond acceptors (Lipinski definition) is 8. The van der Waals surface area contributed by atoms with E-state index in [1.54, 1.807) is 12.1 Å². The number of benzene rings is 4. The summed E-state index contributed by atoms with van der Waals surface area (Å²) in [5, 5.41) is 0. The Balaban J connectivity index is 0.000000441. The molecule has 0 aliphatic carbocycles. The molecule has 0 fully saturated rings. The third-order valence-electron chi connectivity index (χ3n) is 8.10. The third-order valence-corrected chi connectivity index (χ3v) is 9.03. The fraction of sp³-hybridized carbons (Fsp3) is 0.351. The lowest BCUT2D eigenvalue weighted by Gasteiger charge is -2.25. The van der Waals surface area contributed by atoms with Gasteiger partial charge in [-0.05, 0) is 101 Å². The number of hydrogen-bond donors (Lipinski definition) is 1. The fourth-order valence-electron chi connectivity index (χ4n) is 5.67. The zero-order valence-corrected chi connectivity index (χ0v) is 30.4. The summed E-state index contributed by atoms with van der Waals surface area (Å²) in [4.78, 5) is 6.81. The van der Waals surface area contributed by atoms with Crippen LogP contribution in [0.4, 0.5) is 17.1 Å². The Morgan fingerprint density at radius 3 is 1.17 bits per heavy atom. The van der Waals surface area contributed by atoms with Gasteiger partial charge in [0.05, 0.1) is 4.90 Å². The maximum absolute atomic E-state index is 12.2. The molecule has 4 rings (SSSR count). The molecule has 11 heteroatoms. The highest BCUT2D eigenvalue weighted by atomic mass is 32.2. The van der Waals surface area contributed by atoms with E-state index in [2.05, 4.69) is 129 Å². The highest BCUT2D eigenvalue weighted by molar-refractivity contribution is 7.85. The first-order valence-electron chi connectivity index (χ1n) is 16.3. The molecule has 1 N–H and O–H groups in total. The van der Waals surface area contributed by atoms with E-state index < -0.39 is 20.7 Å². The van der Waals surface area contributed by atoms with Gasteiger partial charge >= 0.3 is 10.6 Å². The number of nitrogens with zero attached hydrogens (tertiary/aromatic N) is 3. The van der Waals surface area contributed by atoms with Gasteiger partial charge in [-0.15, -0.1) is 12.6 Å². The summed E-state index contributed by atoms with van der Waals surface area (Å²) in [5.74, 6) is -0.334. The second kappa shape index (κ2) is 20.2. The Kier molecular flexibility index (Phi) is 16.9.